The predicted molar refractivity (Wildman–Crippen MR) is 60.3 cm³/mol. The van der Waals surface area contributed by atoms with E-state index in [1.165, 1.54) is 12.1 Å². The third kappa shape index (κ3) is 4.89. The van der Waals surface area contributed by atoms with E-state index in [1.807, 2.05) is 0 Å². The van der Waals surface area contributed by atoms with Crippen molar-refractivity contribution in [1.29, 1.82) is 0 Å². The number of halogens is 3. The molecule has 0 fully saturated rings. The van der Waals surface area contributed by atoms with Crippen LogP contribution in [0.15, 0.2) is 29.4 Å². The highest BCUT2D eigenvalue weighted by atomic mass is 19.4. The summed E-state index contributed by atoms with van der Waals surface area (Å²) in [6, 6.07) is 3.58. The van der Waals surface area contributed by atoms with Crippen LogP contribution in [0.4, 0.5) is 13.2 Å². The van der Waals surface area contributed by atoms with Crippen molar-refractivity contribution in [3.05, 3.63) is 45.8 Å². The van der Waals surface area contributed by atoms with Gasteiger partial charge < -0.3 is 5.11 Å². The minimum Gasteiger partial charge on any atom is -0.481 e. The highest BCUT2D eigenvalue weighted by molar-refractivity contribution is 5.67. The molecule has 0 spiro atoms. The van der Waals surface area contributed by atoms with Gasteiger partial charge >= 0.3 is 12.1 Å². The van der Waals surface area contributed by atoms with Gasteiger partial charge in [-0.15, -0.1) is 0 Å². The van der Waals surface area contributed by atoms with Gasteiger partial charge in [0.2, 0.25) is 0 Å². The van der Waals surface area contributed by atoms with Crippen molar-refractivity contribution in [2.24, 2.45) is 5.11 Å². The molecule has 1 atom stereocenters. The van der Waals surface area contributed by atoms with Crippen LogP contribution in [0.5, 0.6) is 0 Å². The van der Waals surface area contributed by atoms with E-state index in [1.54, 1.807) is 0 Å². The molecule has 0 aliphatic rings. The van der Waals surface area contributed by atoms with Gasteiger partial charge in [0.1, 0.15) is 0 Å². The Bertz CT molecular complexity index is 510. The normalized spacial score (nSPS) is 12.6. The van der Waals surface area contributed by atoms with Crippen molar-refractivity contribution >= 4 is 5.97 Å². The van der Waals surface area contributed by atoms with Crippen molar-refractivity contribution in [1.82, 2.24) is 0 Å². The molecule has 0 aromatic heterocycles. The highest BCUT2D eigenvalue weighted by Crippen LogP contribution is 2.29. The van der Waals surface area contributed by atoms with Gasteiger partial charge in [-0.1, -0.05) is 23.3 Å². The number of aliphatic carboxylic acids is 1. The lowest BCUT2D eigenvalue weighted by molar-refractivity contribution is -0.138. The summed E-state index contributed by atoms with van der Waals surface area (Å²) in [4.78, 5) is 13.0. The average Bonchev–Trinajstić information content (AvgIpc) is 2.27. The van der Waals surface area contributed by atoms with Crippen LogP contribution in [0.1, 0.15) is 17.5 Å². The summed E-state index contributed by atoms with van der Waals surface area (Å²) in [6.45, 7) is 0. The SMILES string of the molecule is [N-]=[N+]=N[C@@H](CC(=O)O)Cc1cccc(C(F)(F)F)c1. The standard InChI is InChI=1S/C11H10F3N3O2/c12-11(13,14)8-3-1-2-7(4-8)5-9(16-17-15)6-10(18)19/h1-4,9H,5-6H2,(H,18,19)/t9-/m1/s1. The highest BCUT2D eigenvalue weighted by Gasteiger charge is 2.30. The van der Waals surface area contributed by atoms with Gasteiger partial charge in [-0.05, 0) is 23.6 Å². The second-order valence-electron chi connectivity index (χ2n) is 3.86. The smallest absolute Gasteiger partial charge is 0.416 e. The van der Waals surface area contributed by atoms with Gasteiger partial charge in [0.05, 0.1) is 18.0 Å². The Balaban J connectivity index is 2.91. The number of nitrogens with zero attached hydrogens (tertiary/aromatic N) is 3. The van der Waals surface area contributed by atoms with Crippen LogP contribution < -0.4 is 0 Å². The Morgan fingerprint density at radius 2 is 2.16 bits per heavy atom. The zero-order valence-electron chi connectivity index (χ0n) is 9.63. The van der Waals surface area contributed by atoms with Crippen LogP contribution in [0.3, 0.4) is 0 Å². The molecular weight excluding hydrogens is 263 g/mol. The monoisotopic (exact) mass is 273 g/mol. The maximum Gasteiger partial charge on any atom is 0.416 e. The molecule has 0 saturated heterocycles. The Kier molecular flexibility index (Phi) is 4.77. The van der Waals surface area contributed by atoms with Gasteiger partial charge in [0, 0.05) is 4.91 Å². The van der Waals surface area contributed by atoms with Crippen molar-refractivity contribution in [3.63, 3.8) is 0 Å². The average molecular weight is 273 g/mol. The van der Waals surface area contributed by atoms with E-state index in [9.17, 15) is 18.0 Å². The lowest BCUT2D eigenvalue weighted by Gasteiger charge is -2.11. The summed E-state index contributed by atoms with van der Waals surface area (Å²) < 4.78 is 37.5. The van der Waals surface area contributed by atoms with Crippen LogP contribution in [-0.2, 0) is 17.4 Å². The van der Waals surface area contributed by atoms with E-state index >= 15 is 0 Å². The fourth-order valence-corrected chi connectivity index (χ4v) is 1.58. The molecule has 1 rings (SSSR count). The van der Waals surface area contributed by atoms with E-state index in [0.29, 0.717) is 0 Å². The molecule has 0 heterocycles. The molecule has 0 bridgehead atoms. The minimum atomic E-state index is -4.46. The molecule has 0 saturated carbocycles. The number of alkyl halides is 3. The molecule has 0 amide bonds. The molecule has 102 valence electrons. The van der Waals surface area contributed by atoms with Crippen molar-refractivity contribution in [3.8, 4) is 0 Å². The van der Waals surface area contributed by atoms with Crippen LogP contribution in [0.2, 0.25) is 0 Å². The molecule has 19 heavy (non-hydrogen) atoms. The van der Waals surface area contributed by atoms with Crippen LogP contribution in [-0.4, -0.2) is 17.1 Å². The van der Waals surface area contributed by atoms with E-state index in [-0.39, 0.29) is 12.0 Å². The fourth-order valence-electron chi connectivity index (χ4n) is 1.58. The third-order valence-electron chi connectivity index (χ3n) is 2.35. The molecule has 8 heteroatoms. The van der Waals surface area contributed by atoms with Gasteiger partial charge in [-0.25, -0.2) is 0 Å². The first kappa shape index (κ1) is 14.8. The number of carboxylic acid groups (broad SMARTS) is 1. The predicted octanol–water partition coefficient (Wildman–Crippen LogP) is 3.40. The first-order chi connectivity index (χ1) is 8.82. The first-order valence-corrected chi connectivity index (χ1v) is 5.25. The molecule has 1 N–H and O–H groups in total. The molecule has 1 aromatic carbocycles. The van der Waals surface area contributed by atoms with Gasteiger partial charge in [0.25, 0.3) is 0 Å². The van der Waals surface area contributed by atoms with Crippen LogP contribution in [0.25, 0.3) is 10.4 Å². The molecule has 0 aliphatic carbocycles. The zero-order valence-corrected chi connectivity index (χ0v) is 9.63. The zero-order chi connectivity index (χ0) is 14.5. The number of carbonyl (C=O) groups is 1. The molecule has 0 aliphatic heterocycles. The minimum absolute atomic E-state index is 0.0553. The summed E-state index contributed by atoms with van der Waals surface area (Å²) in [5, 5.41) is 11.9. The second-order valence-corrected chi connectivity index (χ2v) is 3.86. The summed E-state index contributed by atoms with van der Waals surface area (Å²) >= 11 is 0. The largest absolute Gasteiger partial charge is 0.481 e. The van der Waals surface area contributed by atoms with E-state index in [2.05, 4.69) is 10.0 Å². The van der Waals surface area contributed by atoms with Crippen molar-refractivity contribution in [2.75, 3.05) is 0 Å². The topological polar surface area (TPSA) is 86.1 Å². The maximum atomic E-state index is 12.5. The van der Waals surface area contributed by atoms with Gasteiger partial charge in [-0.2, -0.15) is 13.2 Å². The number of hydrogen-bond acceptors (Lipinski definition) is 2. The lowest BCUT2D eigenvalue weighted by Crippen LogP contribution is -2.14. The first-order valence-electron chi connectivity index (χ1n) is 5.25. The Morgan fingerprint density at radius 3 is 2.68 bits per heavy atom. The van der Waals surface area contributed by atoms with Crippen molar-refractivity contribution < 1.29 is 23.1 Å². The Morgan fingerprint density at radius 1 is 1.47 bits per heavy atom. The van der Waals surface area contributed by atoms with Crippen molar-refractivity contribution in [2.45, 2.75) is 25.1 Å². The quantitative estimate of drug-likeness (QED) is 0.506. The number of rotatable bonds is 5. The van der Waals surface area contributed by atoms with E-state index in [0.717, 1.165) is 12.1 Å². The summed E-state index contributed by atoms with van der Waals surface area (Å²) in [5.74, 6) is -1.18. The van der Waals surface area contributed by atoms with E-state index in [4.69, 9.17) is 10.6 Å². The molecule has 0 radical (unpaired) electrons. The number of hydrogen-bond donors (Lipinski definition) is 1. The molecule has 0 unspecified atom stereocenters. The lowest BCUT2D eigenvalue weighted by atomic mass is 10.0. The Labute approximate surface area is 106 Å². The maximum absolute atomic E-state index is 12.5. The fraction of sp³-hybridized carbons (Fsp3) is 0.364. The van der Waals surface area contributed by atoms with Gasteiger partial charge in [-0.3, -0.25) is 4.79 Å². The third-order valence-corrected chi connectivity index (χ3v) is 2.35. The molecule has 1 aromatic rings. The summed E-state index contributed by atoms with van der Waals surface area (Å²) in [7, 11) is 0. The van der Waals surface area contributed by atoms with Gasteiger partial charge in [0.15, 0.2) is 0 Å². The molecule has 5 nitrogen and oxygen atoms in total. The molecular formula is C11H10F3N3O2. The summed E-state index contributed by atoms with van der Waals surface area (Å²) in [6.07, 6.45) is -4.95. The number of benzene rings is 1. The van der Waals surface area contributed by atoms with Crippen LogP contribution >= 0.6 is 0 Å². The Hall–Kier alpha value is -2.21. The number of carboxylic acids is 1. The second kappa shape index (κ2) is 6.10. The summed E-state index contributed by atoms with van der Waals surface area (Å²) in [5.41, 5.74) is 7.75. The van der Waals surface area contributed by atoms with E-state index < -0.39 is 30.2 Å². The van der Waals surface area contributed by atoms with Crippen LogP contribution in [0, 0.1) is 0 Å². The number of azide groups is 1.